The molecule has 0 bridgehead atoms. The first-order chi connectivity index (χ1) is 13.4. The molecule has 2 amide bonds. The van der Waals surface area contributed by atoms with Gasteiger partial charge in [0, 0.05) is 13.1 Å². The maximum absolute atomic E-state index is 15.0. The number of halogens is 2. The second kappa shape index (κ2) is 7.69. The van der Waals surface area contributed by atoms with Crippen LogP contribution in [0.1, 0.15) is 20.8 Å². The van der Waals surface area contributed by atoms with Crippen molar-refractivity contribution < 1.29 is 18.7 Å². The first-order valence-corrected chi connectivity index (χ1v) is 10.1. The molecule has 148 valence electrons. The molecule has 1 fully saturated rings. The fourth-order valence-electron chi connectivity index (χ4n) is 3.50. The Kier molecular flexibility index (Phi) is 5.27. The highest BCUT2D eigenvalue weighted by molar-refractivity contribution is 7.17. The fourth-order valence-corrected chi connectivity index (χ4v) is 4.46. The Balaban J connectivity index is 1.43. The maximum Gasteiger partial charge on any atom is 0.414 e. The zero-order chi connectivity index (χ0) is 19.8. The quantitative estimate of drug-likeness (QED) is 0.819. The number of nitrogens with one attached hydrogen (secondary N) is 1. The van der Waals surface area contributed by atoms with E-state index in [1.807, 2.05) is 13.1 Å². The van der Waals surface area contributed by atoms with E-state index in [2.05, 4.69) is 10.2 Å². The molecule has 9 heteroatoms. The number of hydrogen-bond acceptors (Lipinski definition) is 5. The van der Waals surface area contributed by atoms with Crippen LogP contribution in [0.2, 0.25) is 4.34 Å². The molecule has 4 rings (SSSR count). The minimum Gasteiger partial charge on any atom is -0.442 e. The van der Waals surface area contributed by atoms with E-state index in [0.717, 1.165) is 12.1 Å². The lowest BCUT2D eigenvalue weighted by Crippen LogP contribution is -2.34. The van der Waals surface area contributed by atoms with E-state index < -0.39 is 12.2 Å². The summed E-state index contributed by atoms with van der Waals surface area (Å²) in [5, 5.41) is 2.73. The number of likely N-dealkylation sites (N-methyl/N-ethyl adjacent to an activating group) is 1. The minimum atomic E-state index is -0.606. The van der Waals surface area contributed by atoms with Crippen LogP contribution in [0.25, 0.3) is 0 Å². The molecule has 2 aliphatic heterocycles. The Morgan fingerprint density at radius 2 is 2.21 bits per heavy atom. The predicted molar refractivity (Wildman–Crippen MR) is 106 cm³/mol. The molecule has 0 spiro atoms. The second-order valence-corrected chi connectivity index (χ2v) is 8.67. The first kappa shape index (κ1) is 19.2. The normalized spacial score (nSPS) is 19.5. The molecule has 6 nitrogen and oxygen atoms in total. The van der Waals surface area contributed by atoms with Crippen molar-refractivity contribution in [1.82, 2.24) is 10.2 Å². The molecular formula is C19H19ClFN3O3S. The SMILES string of the molecule is CN1CCc2c(ccc(N3C[C@H](CNC(=O)c4ccc(Cl)s4)OC3=O)c2F)C1. The Labute approximate surface area is 170 Å². The number of hydrogen-bond donors (Lipinski definition) is 1. The van der Waals surface area contributed by atoms with Crippen molar-refractivity contribution in [3.8, 4) is 0 Å². The topological polar surface area (TPSA) is 61.9 Å². The van der Waals surface area contributed by atoms with Crippen molar-refractivity contribution in [2.45, 2.75) is 19.1 Å². The third-order valence-electron chi connectivity index (χ3n) is 4.96. The molecular weight excluding hydrogens is 405 g/mol. The summed E-state index contributed by atoms with van der Waals surface area (Å²) in [4.78, 5) is 28.3. The smallest absolute Gasteiger partial charge is 0.414 e. The Morgan fingerprint density at radius 1 is 1.39 bits per heavy atom. The average Bonchev–Trinajstić information content (AvgIpc) is 3.26. The lowest BCUT2D eigenvalue weighted by Gasteiger charge is -2.27. The van der Waals surface area contributed by atoms with Gasteiger partial charge in [-0.3, -0.25) is 9.69 Å². The van der Waals surface area contributed by atoms with E-state index in [1.165, 1.54) is 16.2 Å². The van der Waals surface area contributed by atoms with Crippen LogP contribution in [0.5, 0.6) is 0 Å². The molecule has 1 saturated heterocycles. The molecule has 2 aromatic rings. The van der Waals surface area contributed by atoms with Crippen LogP contribution in [0.15, 0.2) is 24.3 Å². The average molecular weight is 424 g/mol. The Morgan fingerprint density at radius 3 is 2.96 bits per heavy atom. The largest absolute Gasteiger partial charge is 0.442 e. The van der Waals surface area contributed by atoms with E-state index in [-0.39, 0.29) is 30.5 Å². The molecule has 2 aliphatic rings. The number of thiophene rings is 1. The van der Waals surface area contributed by atoms with Crippen LogP contribution in [-0.4, -0.2) is 49.7 Å². The van der Waals surface area contributed by atoms with Gasteiger partial charge in [0.1, 0.15) is 6.10 Å². The summed E-state index contributed by atoms with van der Waals surface area (Å²) in [5.74, 6) is -0.643. The molecule has 1 atom stereocenters. The molecule has 1 aromatic carbocycles. The minimum absolute atomic E-state index is 0.147. The van der Waals surface area contributed by atoms with Gasteiger partial charge in [0.25, 0.3) is 5.91 Å². The van der Waals surface area contributed by atoms with Gasteiger partial charge in [-0.05, 0) is 42.8 Å². The zero-order valence-corrected chi connectivity index (χ0v) is 16.8. The van der Waals surface area contributed by atoms with E-state index in [0.29, 0.717) is 27.7 Å². The third kappa shape index (κ3) is 3.72. The summed E-state index contributed by atoms with van der Waals surface area (Å²) >= 11 is 7.01. The van der Waals surface area contributed by atoms with Gasteiger partial charge in [0.15, 0.2) is 5.82 Å². The van der Waals surface area contributed by atoms with Crippen molar-refractivity contribution in [3.05, 3.63) is 50.4 Å². The Bertz CT molecular complexity index is 935. The van der Waals surface area contributed by atoms with Gasteiger partial charge >= 0.3 is 6.09 Å². The molecule has 28 heavy (non-hydrogen) atoms. The summed E-state index contributed by atoms with van der Waals surface area (Å²) < 4.78 is 20.9. The Hall–Kier alpha value is -2.16. The summed E-state index contributed by atoms with van der Waals surface area (Å²) in [5.41, 5.74) is 1.84. The van der Waals surface area contributed by atoms with Crippen LogP contribution in [0.4, 0.5) is 14.9 Å². The summed E-state index contributed by atoms with van der Waals surface area (Å²) in [6.07, 6.45) is -0.546. The molecule has 1 N–H and O–H groups in total. The van der Waals surface area contributed by atoms with E-state index in [1.54, 1.807) is 18.2 Å². The van der Waals surface area contributed by atoms with Crippen LogP contribution >= 0.6 is 22.9 Å². The van der Waals surface area contributed by atoms with Crippen molar-refractivity contribution in [2.24, 2.45) is 0 Å². The van der Waals surface area contributed by atoms with E-state index >= 15 is 4.39 Å². The molecule has 1 aromatic heterocycles. The van der Waals surface area contributed by atoms with Gasteiger partial charge in [0.2, 0.25) is 0 Å². The number of nitrogens with zero attached hydrogens (tertiary/aromatic N) is 2. The third-order valence-corrected chi connectivity index (χ3v) is 6.19. The summed E-state index contributed by atoms with van der Waals surface area (Å²) in [6, 6.07) is 6.78. The number of cyclic esters (lactones) is 1. The van der Waals surface area contributed by atoms with Gasteiger partial charge in [-0.2, -0.15) is 0 Å². The van der Waals surface area contributed by atoms with E-state index in [4.69, 9.17) is 16.3 Å². The molecule has 0 radical (unpaired) electrons. The number of fused-ring (bicyclic) bond motifs is 1. The summed E-state index contributed by atoms with van der Waals surface area (Å²) in [7, 11) is 2.00. The van der Waals surface area contributed by atoms with Gasteiger partial charge in [-0.15, -0.1) is 11.3 Å². The highest BCUT2D eigenvalue weighted by atomic mass is 35.5. The van der Waals surface area contributed by atoms with Crippen molar-refractivity contribution >= 4 is 40.6 Å². The van der Waals surface area contributed by atoms with Crippen LogP contribution in [0, 0.1) is 5.82 Å². The number of ether oxygens (including phenoxy) is 1. The number of amides is 2. The van der Waals surface area contributed by atoms with Gasteiger partial charge in [-0.25, -0.2) is 9.18 Å². The zero-order valence-electron chi connectivity index (χ0n) is 15.2. The maximum atomic E-state index is 15.0. The summed E-state index contributed by atoms with van der Waals surface area (Å²) in [6.45, 7) is 1.80. The number of carbonyl (C=O) groups is 2. The monoisotopic (exact) mass is 423 g/mol. The van der Waals surface area contributed by atoms with Crippen LogP contribution < -0.4 is 10.2 Å². The van der Waals surface area contributed by atoms with E-state index in [9.17, 15) is 9.59 Å². The van der Waals surface area contributed by atoms with Gasteiger partial charge < -0.3 is 15.0 Å². The lowest BCUT2D eigenvalue weighted by molar-refractivity contribution is 0.0920. The predicted octanol–water partition coefficient (Wildman–Crippen LogP) is 3.28. The molecule has 0 aliphatic carbocycles. The van der Waals surface area contributed by atoms with Crippen molar-refractivity contribution in [3.63, 3.8) is 0 Å². The first-order valence-electron chi connectivity index (χ1n) is 8.93. The highest BCUT2D eigenvalue weighted by Crippen LogP contribution is 2.31. The fraction of sp³-hybridized carbons (Fsp3) is 0.368. The standard InChI is InChI=1S/C19H19ClFN3O3S/c1-23-7-6-13-11(9-23)2-3-14(17(13)21)24-10-12(27-19(24)26)8-22-18(25)15-4-5-16(20)28-15/h2-5,12H,6-10H2,1H3,(H,22,25)/t12-/m0/s1. The highest BCUT2D eigenvalue weighted by Gasteiger charge is 2.35. The molecule has 3 heterocycles. The van der Waals surface area contributed by atoms with Crippen LogP contribution in [-0.2, 0) is 17.7 Å². The number of carbonyl (C=O) groups excluding carboxylic acids is 2. The second-order valence-electron chi connectivity index (χ2n) is 6.95. The van der Waals surface area contributed by atoms with Crippen molar-refractivity contribution in [2.75, 3.05) is 31.6 Å². The van der Waals surface area contributed by atoms with Crippen molar-refractivity contribution in [1.29, 1.82) is 0 Å². The van der Waals surface area contributed by atoms with Gasteiger partial charge in [0.05, 0.1) is 28.0 Å². The lowest BCUT2D eigenvalue weighted by atomic mass is 9.98. The number of benzene rings is 1. The molecule has 0 unspecified atom stereocenters. The number of anilines is 1. The van der Waals surface area contributed by atoms with Crippen LogP contribution in [0.3, 0.4) is 0 Å². The molecule has 0 saturated carbocycles. The van der Waals surface area contributed by atoms with Gasteiger partial charge in [-0.1, -0.05) is 17.7 Å². The number of rotatable bonds is 4.